The lowest BCUT2D eigenvalue weighted by molar-refractivity contribution is -0.140. The van der Waals surface area contributed by atoms with Crippen LogP contribution in [0.1, 0.15) is 29.2 Å². The van der Waals surface area contributed by atoms with E-state index in [0.29, 0.717) is 67.8 Å². The lowest BCUT2D eigenvalue weighted by Crippen LogP contribution is -2.39. The van der Waals surface area contributed by atoms with E-state index in [1.807, 2.05) is 30.3 Å². The van der Waals surface area contributed by atoms with Crippen LogP contribution in [-0.4, -0.2) is 79.7 Å². The molecule has 1 atom stereocenters. The van der Waals surface area contributed by atoms with Crippen LogP contribution in [-0.2, 0) is 20.9 Å². The number of ether oxygens (including phenoxy) is 4. The van der Waals surface area contributed by atoms with Gasteiger partial charge in [-0.1, -0.05) is 49.1 Å². The molecule has 2 aliphatic heterocycles. The molecular formula is C35H38N2O7. The van der Waals surface area contributed by atoms with Crippen molar-refractivity contribution in [2.45, 2.75) is 19.1 Å². The van der Waals surface area contributed by atoms with E-state index < -0.39 is 17.7 Å². The number of morpholine rings is 1. The molecule has 0 aromatic heterocycles. The van der Waals surface area contributed by atoms with E-state index >= 15 is 0 Å². The molecule has 0 radical (unpaired) electrons. The molecule has 0 saturated carbocycles. The standard InChI is InChI=1S/C35H38N2O7/c1-3-20-43-29-15-12-27(23-30(29)41-2)32-31(34(39)35(40)37(32)17-7-16-36-18-21-42-22-19-36)33(38)26-10-13-28(14-11-26)44-24-25-8-5-4-6-9-25/h3-6,8-15,23,32,38H,1,7,16-22,24H2,2H3. The quantitative estimate of drug-likeness (QED) is 0.127. The van der Waals surface area contributed by atoms with Gasteiger partial charge in [0.25, 0.3) is 11.7 Å². The molecule has 9 nitrogen and oxygen atoms in total. The Morgan fingerprint density at radius 2 is 1.73 bits per heavy atom. The van der Waals surface area contributed by atoms with Crippen LogP contribution in [0.5, 0.6) is 17.2 Å². The third-order valence-corrected chi connectivity index (χ3v) is 7.75. The Morgan fingerprint density at radius 3 is 2.43 bits per heavy atom. The van der Waals surface area contributed by atoms with Crippen LogP contribution in [0.15, 0.2) is 91.0 Å². The first-order valence-corrected chi connectivity index (χ1v) is 14.8. The highest BCUT2D eigenvalue weighted by Gasteiger charge is 2.46. The van der Waals surface area contributed by atoms with E-state index in [-0.39, 0.29) is 11.3 Å². The van der Waals surface area contributed by atoms with Gasteiger partial charge in [-0.25, -0.2) is 0 Å². The van der Waals surface area contributed by atoms with Crippen molar-refractivity contribution >= 4 is 17.4 Å². The van der Waals surface area contributed by atoms with Gasteiger partial charge >= 0.3 is 0 Å². The summed E-state index contributed by atoms with van der Waals surface area (Å²) in [7, 11) is 1.53. The Morgan fingerprint density at radius 1 is 0.977 bits per heavy atom. The van der Waals surface area contributed by atoms with Gasteiger partial charge < -0.3 is 29.0 Å². The molecule has 1 N–H and O–H groups in total. The van der Waals surface area contributed by atoms with E-state index in [9.17, 15) is 14.7 Å². The number of likely N-dealkylation sites (tertiary alicyclic amines) is 1. The maximum absolute atomic E-state index is 13.5. The van der Waals surface area contributed by atoms with Gasteiger partial charge in [-0.2, -0.15) is 0 Å². The number of carbonyl (C=O) groups is 2. The summed E-state index contributed by atoms with van der Waals surface area (Å²) < 4.78 is 22.6. The summed E-state index contributed by atoms with van der Waals surface area (Å²) in [5.41, 5.74) is 2.10. The lowest BCUT2D eigenvalue weighted by Gasteiger charge is -2.29. The van der Waals surface area contributed by atoms with Gasteiger partial charge in [-0.3, -0.25) is 14.5 Å². The molecule has 3 aromatic rings. The molecule has 0 aliphatic carbocycles. The topological polar surface area (TPSA) is 97.8 Å². The smallest absolute Gasteiger partial charge is 0.295 e. The number of benzene rings is 3. The number of ketones is 1. The Kier molecular flexibility index (Phi) is 10.3. The molecule has 1 unspecified atom stereocenters. The molecule has 5 rings (SSSR count). The third-order valence-electron chi connectivity index (χ3n) is 7.75. The molecular weight excluding hydrogens is 560 g/mol. The largest absolute Gasteiger partial charge is 0.507 e. The third kappa shape index (κ3) is 7.12. The molecule has 0 bridgehead atoms. The van der Waals surface area contributed by atoms with Crippen LogP contribution in [0.4, 0.5) is 0 Å². The van der Waals surface area contributed by atoms with Gasteiger partial charge in [0, 0.05) is 31.7 Å². The average Bonchev–Trinajstić information content (AvgIpc) is 3.32. The number of nitrogens with zero attached hydrogens (tertiary/aromatic N) is 2. The van der Waals surface area contributed by atoms with E-state index in [1.165, 1.54) is 7.11 Å². The summed E-state index contributed by atoms with van der Waals surface area (Å²) in [5.74, 6) is -0.0499. The van der Waals surface area contributed by atoms with Crippen molar-refractivity contribution in [3.63, 3.8) is 0 Å². The lowest BCUT2D eigenvalue weighted by atomic mass is 9.95. The van der Waals surface area contributed by atoms with Crippen LogP contribution in [0.2, 0.25) is 0 Å². The summed E-state index contributed by atoms with van der Waals surface area (Å²) in [4.78, 5) is 30.8. The molecule has 1 amide bonds. The fraction of sp³-hybridized carbons (Fsp3) is 0.314. The highest BCUT2D eigenvalue weighted by atomic mass is 16.5. The van der Waals surface area contributed by atoms with Gasteiger partial charge in [0.1, 0.15) is 24.7 Å². The van der Waals surface area contributed by atoms with Crippen molar-refractivity contribution in [2.24, 2.45) is 0 Å². The summed E-state index contributed by atoms with van der Waals surface area (Å²) in [5, 5.41) is 11.5. The maximum atomic E-state index is 13.5. The van der Waals surface area contributed by atoms with Crippen molar-refractivity contribution in [1.82, 2.24) is 9.80 Å². The average molecular weight is 599 g/mol. The first-order chi connectivity index (χ1) is 21.5. The van der Waals surface area contributed by atoms with Crippen molar-refractivity contribution in [3.05, 3.63) is 108 Å². The van der Waals surface area contributed by atoms with Gasteiger partial charge in [-0.15, -0.1) is 0 Å². The molecule has 2 heterocycles. The number of rotatable bonds is 13. The Hall–Kier alpha value is -4.60. The van der Waals surface area contributed by atoms with Crippen LogP contribution in [0.25, 0.3) is 5.76 Å². The van der Waals surface area contributed by atoms with E-state index in [4.69, 9.17) is 18.9 Å². The molecule has 44 heavy (non-hydrogen) atoms. The molecule has 3 aromatic carbocycles. The highest BCUT2D eigenvalue weighted by Crippen LogP contribution is 2.42. The van der Waals surface area contributed by atoms with Gasteiger partial charge in [0.15, 0.2) is 11.5 Å². The Balaban J connectivity index is 1.44. The molecule has 2 fully saturated rings. The predicted octanol–water partition coefficient (Wildman–Crippen LogP) is 4.98. The van der Waals surface area contributed by atoms with Crippen LogP contribution in [0.3, 0.4) is 0 Å². The zero-order chi connectivity index (χ0) is 30.9. The minimum Gasteiger partial charge on any atom is -0.507 e. The van der Waals surface area contributed by atoms with Crippen molar-refractivity contribution < 1.29 is 33.6 Å². The minimum atomic E-state index is -0.809. The first-order valence-electron chi connectivity index (χ1n) is 14.8. The molecule has 2 saturated heterocycles. The number of carbonyl (C=O) groups excluding carboxylic acids is 2. The summed E-state index contributed by atoms with van der Waals surface area (Å²) in [6.07, 6.45) is 2.30. The zero-order valence-electron chi connectivity index (χ0n) is 24.9. The molecule has 230 valence electrons. The second-order valence-electron chi connectivity index (χ2n) is 10.6. The normalized spacial score (nSPS) is 18.3. The molecule has 0 spiro atoms. The number of methoxy groups -OCH3 is 1. The number of aliphatic hydroxyl groups is 1. The second kappa shape index (κ2) is 14.7. The second-order valence-corrected chi connectivity index (χ2v) is 10.6. The van der Waals surface area contributed by atoms with Gasteiger partial charge in [-0.05, 0) is 53.9 Å². The summed E-state index contributed by atoms with van der Waals surface area (Å²) in [6.45, 7) is 8.51. The number of Topliss-reactive ketones (excluding diaryl/α,β-unsaturated/α-hetero) is 1. The fourth-order valence-electron chi connectivity index (χ4n) is 5.47. The van der Waals surface area contributed by atoms with Crippen molar-refractivity contribution in [3.8, 4) is 17.2 Å². The Labute approximate surface area is 257 Å². The van der Waals surface area contributed by atoms with Crippen LogP contribution >= 0.6 is 0 Å². The maximum Gasteiger partial charge on any atom is 0.295 e. The SMILES string of the molecule is C=CCOc1ccc(C2C(=C(O)c3ccc(OCc4ccccc4)cc3)C(=O)C(=O)N2CCCN2CCOCC2)cc1OC. The van der Waals surface area contributed by atoms with Crippen molar-refractivity contribution in [2.75, 3.05) is 53.1 Å². The number of hydrogen-bond donors (Lipinski definition) is 1. The number of amides is 1. The highest BCUT2D eigenvalue weighted by molar-refractivity contribution is 6.46. The zero-order valence-corrected chi connectivity index (χ0v) is 24.9. The molecule has 2 aliphatic rings. The number of aliphatic hydroxyl groups excluding tert-OH is 1. The van der Waals surface area contributed by atoms with Crippen LogP contribution < -0.4 is 14.2 Å². The summed E-state index contributed by atoms with van der Waals surface area (Å²) in [6, 6.07) is 21.1. The summed E-state index contributed by atoms with van der Waals surface area (Å²) >= 11 is 0. The van der Waals surface area contributed by atoms with E-state index in [2.05, 4.69) is 11.5 Å². The minimum absolute atomic E-state index is 0.0288. The monoisotopic (exact) mass is 598 g/mol. The Bertz CT molecular complexity index is 1480. The fourth-order valence-corrected chi connectivity index (χ4v) is 5.47. The predicted molar refractivity (Wildman–Crippen MR) is 167 cm³/mol. The van der Waals surface area contributed by atoms with Gasteiger partial charge in [0.2, 0.25) is 0 Å². The van der Waals surface area contributed by atoms with E-state index in [0.717, 1.165) is 25.2 Å². The van der Waals surface area contributed by atoms with E-state index in [1.54, 1.807) is 53.4 Å². The molecule has 9 heteroatoms. The number of hydrogen-bond acceptors (Lipinski definition) is 8. The van der Waals surface area contributed by atoms with Gasteiger partial charge in [0.05, 0.1) is 31.9 Å². The first kappa shape index (κ1) is 30.8. The van der Waals surface area contributed by atoms with Crippen LogP contribution in [0, 0.1) is 0 Å². The van der Waals surface area contributed by atoms with Crippen molar-refractivity contribution in [1.29, 1.82) is 0 Å².